The van der Waals surface area contributed by atoms with Crippen LogP contribution in [0.15, 0.2) is 53.2 Å². The predicted octanol–water partition coefficient (Wildman–Crippen LogP) is 5.52. The van der Waals surface area contributed by atoms with Crippen molar-refractivity contribution in [3.8, 4) is 0 Å². The van der Waals surface area contributed by atoms with Gasteiger partial charge in [-0.2, -0.15) is 0 Å². The molecule has 0 unspecified atom stereocenters. The third-order valence-electron chi connectivity index (χ3n) is 2.70. The van der Waals surface area contributed by atoms with Gasteiger partial charge in [-0.3, -0.25) is 4.90 Å². The summed E-state index contributed by atoms with van der Waals surface area (Å²) in [6.45, 7) is 0. The first-order valence-corrected chi connectivity index (χ1v) is 7.81. The van der Waals surface area contributed by atoms with Gasteiger partial charge >= 0.3 is 0 Å². The third-order valence-corrected chi connectivity index (χ3v) is 4.73. The minimum absolute atomic E-state index is 0.579. The molecule has 3 aromatic rings. The van der Waals surface area contributed by atoms with Crippen LogP contribution in [-0.4, -0.2) is 0 Å². The van der Waals surface area contributed by atoms with E-state index in [2.05, 4.69) is 27.8 Å². The zero-order valence-electron chi connectivity index (χ0n) is 9.92. The lowest BCUT2D eigenvalue weighted by Crippen LogP contribution is -2.06. The fraction of sp³-hybridized carbons (Fsp3) is 0. The van der Waals surface area contributed by atoms with Crippen molar-refractivity contribution in [2.75, 3.05) is 10.6 Å². The van der Waals surface area contributed by atoms with E-state index in [1.165, 1.54) is 0 Å². The fourth-order valence-electron chi connectivity index (χ4n) is 1.81. The van der Waals surface area contributed by atoms with Gasteiger partial charge in [0.1, 0.15) is 10.0 Å². The van der Waals surface area contributed by atoms with E-state index in [1.807, 2.05) is 30.3 Å². The second-order valence-corrected chi connectivity index (χ2v) is 6.20. The second kappa shape index (κ2) is 5.25. The highest BCUT2D eigenvalue weighted by atomic mass is 35.5. The average molecular weight is 307 g/mol. The zero-order valence-corrected chi connectivity index (χ0v) is 12.3. The van der Waals surface area contributed by atoms with Gasteiger partial charge in [0.25, 0.3) is 0 Å². The Balaban J connectivity index is 2.12. The molecule has 1 aromatic carbocycles. The Labute approximate surface area is 124 Å². The molecule has 0 atom stereocenters. The largest absolute Gasteiger partial charge is 0.398 e. The maximum atomic E-state index is 6.14. The molecule has 0 aliphatic heterocycles. The monoisotopic (exact) mass is 306 g/mol. The van der Waals surface area contributed by atoms with Gasteiger partial charge in [0.2, 0.25) is 0 Å². The lowest BCUT2D eigenvalue weighted by molar-refractivity contribution is 1.36. The lowest BCUT2D eigenvalue weighted by atomic mass is 10.2. The molecule has 5 heteroatoms. The van der Waals surface area contributed by atoms with Gasteiger partial charge in [-0.15, -0.1) is 22.7 Å². The van der Waals surface area contributed by atoms with Crippen LogP contribution < -0.4 is 10.6 Å². The molecule has 0 spiro atoms. The Morgan fingerprint density at radius 2 is 1.58 bits per heavy atom. The number of halogens is 1. The maximum absolute atomic E-state index is 6.14. The minimum Gasteiger partial charge on any atom is -0.398 e. The van der Waals surface area contributed by atoms with Crippen LogP contribution in [0.5, 0.6) is 0 Å². The molecule has 2 aromatic heterocycles. The quantitative estimate of drug-likeness (QED) is 0.646. The Morgan fingerprint density at radius 1 is 0.947 bits per heavy atom. The molecule has 0 saturated heterocycles. The van der Waals surface area contributed by atoms with E-state index in [0.29, 0.717) is 10.7 Å². The first kappa shape index (κ1) is 12.5. The van der Waals surface area contributed by atoms with Crippen LogP contribution in [-0.2, 0) is 0 Å². The first-order chi connectivity index (χ1) is 9.25. The van der Waals surface area contributed by atoms with E-state index in [-0.39, 0.29) is 0 Å². The van der Waals surface area contributed by atoms with Crippen LogP contribution in [0.1, 0.15) is 0 Å². The molecule has 19 heavy (non-hydrogen) atoms. The second-order valence-electron chi connectivity index (χ2n) is 3.94. The summed E-state index contributed by atoms with van der Waals surface area (Å²) in [5, 5.41) is 7.02. The Bertz CT molecular complexity index is 629. The zero-order chi connectivity index (χ0) is 13.2. The van der Waals surface area contributed by atoms with Crippen LogP contribution in [0.4, 0.5) is 21.4 Å². The van der Waals surface area contributed by atoms with Crippen molar-refractivity contribution in [3.05, 3.63) is 58.2 Å². The van der Waals surface area contributed by atoms with Gasteiger partial charge in [-0.1, -0.05) is 11.6 Å². The van der Waals surface area contributed by atoms with Crippen LogP contribution in [0, 0.1) is 0 Å². The van der Waals surface area contributed by atoms with Crippen LogP contribution in [0.2, 0.25) is 5.02 Å². The molecule has 3 rings (SSSR count). The predicted molar refractivity (Wildman–Crippen MR) is 86.3 cm³/mol. The number of hydrogen-bond acceptors (Lipinski definition) is 4. The van der Waals surface area contributed by atoms with Crippen molar-refractivity contribution in [1.29, 1.82) is 0 Å². The van der Waals surface area contributed by atoms with E-state index >= 15 is 0 Å². The summed E-state index contributed by atoms with van der Waals surface area (Å²) in [7, 11) is 0. The van der Waals surface area contributed by atoms with Crippen LogP contribution in [0.3, 0.4) is 0 Å². The van der Waals surface area contributed by atoms with Crippen molar-refractivity contribution in [2.45, 2.75) is 0 Å². The number of nitrogen functional groups attached to an aromatic ring is 1. The average Bonchev–Trinajstić information content (AvgIpc) is 3.07. The van der Waals surface area contributed by atoms with Crippen LogP contribution in [0.25, 0.3) is 0 Å². The highest BCUT2D eigenvalue weighted by molar-refractivity contribution is 7.16. The highest BCUT2D eigenvalue weighted by Crippen LogP contribution is 2.40. The van der Waals surface area contributed by atoms with Gasteiger partial charge in [-0.25, -0.2) is 0 Å². The molecule has 0 amide bonds. The number of thiophene rings is 2. The normalized spacial score (nSPS) is 10.6. The molecule has 2 nitrogen and oxygen atoms in total. The number of benzene rings is 1. The summed E-state index contributed by atoms with van der Waals surface area (Å²) in [5.74, 6) is 0. The summed E-state index contributed by atoms with van der Waals surface area (Å²) in [4.78, 5) is 2.18. The summed E-state index contributed by atoms with van der Waals surface area (Å²) in [6.07, 6.45) is 0. The van der Waals surface area contributed by atoms with E-state index in [4.69, 9.17) is 17.3 Å². The Hall–Kier alpha value is -1.49. The third kappa shape index (κ3) is 2.47. The molecule has 2 heterocycles. The van der Waals surface area contributed by atoms with Gasteiger partial charge in [0.05, 0.1) is 10.7 Å². The van der Waals surface area contributed by atoms with Gasteiger partial charge < -0.3 is 5.73 Å². The van der Waals surface area contributed by atoms with E-state index in [1.54, 1.807) is 22.7 Å². The summed E-state index contributed by atoms with van der Waals surface area (Å²) in [5.41, 5.74) is 7.40. The first-order valence-electron chi connectivity index (χ1n) is 5.68. The smallest absolute Gasteiger partial charge is 0.101 e. The Morgan fingerprint density at radius 3 is 2.05 bits per heavy atom. The molecular formula is C14H11ClN2S2. The van der Waals surface area contributed by atoms with Crippen molar-refractivity contribution in [3.63, 3.8) is 0 Å². The SMILES string of the molecule is Nc1ccc(N(c2cccs2)c2cccs2)cc1Cl. The molecule has 0 radical (unpaired) electrons. The molecular weight excluding hydrogens is 296 g/mol. The molecule has 0 bridgehead atoms. The number of hydrogen-bond donors (Lipinski definition) is 1. The lowest BCUT2D eigenvalue weighted by Gasteiger charge is -2.21. The van der Waals surface area contributed by atoms with Gasteiger partial charge in [-0.05, 0) is 53.2 Å². The minimum atomic E-state index is 0.579. The number of anilines is 4. The number of nitrogens with two attached hydrogens (primary N) is 1. The highest BCUT2D eigenvalue weighted by Gasteiger charge is 2.14. The van der Waals surface area contributed by atoms with Crippen LogP contribution >= 0.6 is 34.3 Å². The summed E-state index contributed by atoms with van der Waals surface area (Å²) >= 11 is 9.52. The standard InChI is InChI=1S/C14H11ClN2S2/c15-11-9-10(5-6-12(11)16)17(13-3-1-7-18-13)14-4-2-8-19-14/h1-9H,16H2. The number of rotatable bonds is 3. The van der Waals surface area contributed by atoms with Crippen molar-refractivity contribution >= 4 is 55.7 Å². The van der Waals surface area contributed by atoms with Crippen molar-refractivity contribution in [1.82, 2.24) is 0 Å². The number of nitrogens with zero attached hydrogens (tertiary/aromatic N) is 1. The van der Waals surface area contributed by atoms with Crippen molar-refractivity contribution < 1.29 is 0 Å². The van der Waals surface area contributed by atoms with Crippen molar-refractivity contribution in [2.24, 2.45) is 0 Å². The Kier molecular flexibility index (Phi) is 3.46. The summed E-state index contributed by atoms with van der Waals surface area (Å²) < 4.78 is 0. The van der Waals surface area contributed by atoms with Gasteiger partial charge in [0, 0.05) is 5.69 Å². The molecule has 0 aliphatic carbocycles. The van der Waals surface area contributed by atoms with E-state index < -0.39 is 0 Å². The summed E-state index contributed by atoms with van der Waals surface area (Å²) in [6, 6.07) is 14.0. The van der Waals surface area contributed by atoms with E-state index in [9.17, 15) is 0 Å². The fourth-order valence-corrected chi connectivity index (χ4v) is 3.57. The van der Waals surface area contributed by atoms with E-state index in [0.717, 1.165) is 15.7 Å². The topological polar surface area (TPSA) is 29.3 Å². The molecule has 0 aliphatic rings. The molecule has 0 fully saturated rings. The molecule has 0 saturated carbocycles. The molecule has 96 valence electrons. The maximum Gasteiger partial charge on any atom is 0.101 e. The molecule has 2 N–H and O–H groups in total. The van der Waals surface area contributed by atoms with Gasteiger partial charge in [0.15, 0.2) is 0 Å².